The van der Waals surface area contributed by atoms with Crippen molar-refractivity contribution in [2.24, 2.45) is 0 Å². The first-order chi connectivity index (χ1) is 11.9. The van der Waals surface area contributed by atoms with Crippen LogP contribution in [-0.2, 0) is 21.4 Å². The van der Waals surface area contributed by atoms with E-state index in [1.54, 1.807) is 6.20 Å². The smallest absolute Gasteiger partial charge is 0.345 e. The van der Waals surface area contributed by atoms with Crippen molar-refractivity contribution < 1.29 is 21.6 Å². The SMILES string of the molecule is CC(C)(C)c1ncc(C2CC(S(=O)(=O)c3cccc(C(F)(F)F)c3)C2)[nH]1. The number of nitrogens with zero attached hydrogens (tertiary/aromatic N) is 1. The number of H-pyrrole nitrogens is 1. The first kappa shape index (κ1) is 18.9. The molecule has 1 saturated carbocycles. The molecule has 2 aromatic rings. The minimum absolute atomic E-state index is 0.0316. The average Bonchev–Trinajstić information content (AvgIpc) is 2.94. The summed E-state index contributed by atoms with van der Waals surface area (Å²) in [5.41, 5.74) is -0.200. The Morgan fingerprint density at radius 1 is 1.15 bits per heavy atom. The van der Waals surface area contributed by atoms with Crippen molar-refractivity contribution in [3.8, 4) is 0 Å². The number of hydrogen-bond donors (Lipinski definition) is 1. The van der Waals surface area contributed by atoms with Gasteiger partial charge >= 0.3 is 6.18 Å². The Morgan fingerprint density at radius 2 is 1.81 bits per heavy atom. The monoisotopic (exact) mass is 386 g/mol. The lowest BCUT2D eigenvalue weighted by molar-refractivity contribution is -0.137. The molecule has 1 fully saturated rings. The Morgan fingerprint density at radius 3 is 2.35 bits per heavy atom. The maximum Gasteiger partial charge on any atom is 0.416 e. The van der Waals surface area contributed by atoms with Gasteiger partial charge in [-0.3, -0.25) is 0 Å². The van der Waals surface area contributed by atoms with E-state index in [0.29, 0.717) is 12.8 Å². The van der Waals surface area contributed by atoms with E-state index >= 15 is 0 Å². The normalized spacial score (nSPS) is 21.5. The van der Waals surface area contributed by atoms with Crippen molar-refractivity contribution in [1.29, 1.82) is 0 Å². The van der Waals surface area contributed by atoms with Gasteiger partial charge in [0.2, 0.25) is 0 Å². The summed E-state index contributed by atoms with van der Waals surface area (Å²) in [6, 6.07) is 3.96. The maximum absolute atomic E-state index is 12.8. The zero-order chi connectivity index (χ0) is 19.3. The molecular weight excluding hydrogens is 365 g/mol. The van der Waals surface area contributed by atoms with Gasteiger partial charge in [0.1, 0.15) is 5.82 Å². The van der Waals surface area contributed by atoms with Crippen LogP contribution in [0.15, 0.2) is 35.4 Å². The van der Waals surface area contributed by atoms with E-state index in [2.05, 4.69) is 9.97 Å². The van der Waals surface area contributed by atoms with Crippen molar-refractivity contribution in [3.63, 3.8) is 0 Å². The molecule has 1 aliphatic carbocycles. The third kappa shape index (κ3) is 3.51. The summed E-state index contributed by atoms with van der Waals surface area (Å²) in [6.07, 6.45) is -2.08. The largest absolute Gasteiger partial charge is 0.416 e. The Balaban J connectivity index is 1.75. The van der Waals surface area contributed by atoms with Gasteiger partial charge in [0.05, 0.1) is 15.7 Å². The van der Waals surface area contributed by atoms with Gasteiger partial charge in [0.15, 0.2) is 9.84 Å². The Bertz CT molecular complexity index is 905. The van der Waals surface area contributed by atoms with E-state index in [1.165, 1.54) is 6.07 Å². The highest BCUT2D eigenvalue weighted by molar-refractivity contribution is 7.92. The quantitative estimate of drug-likeness (QED) is 0.848. The predicted molar refractivity (Wildman–Crippen MR) is 91.7 cm³/mol. The number of halogens is 3. The average molecular weight is 386 g/mol. The lowest BCUT2D eigenvalue weighted by atomic mass is 9.82. The molecular formula is C18H21F3N2O2S. The molecule has 0 amide bonds. The third-order valence-electron chi connectivity index (χ3n) is 4.77. The van der Waals surface area contributed by atoms with Gasteiger partial charge in [-0.15, -0.1) is 0 Å². The molecule has 0 saturated heterocycles. The fourth-order valence-corrected chi connectivity index (χ4v) is 4.95. The summed E-state index contributed by atoms with van der Waals surface area (Å²) in [7, 11) is -3.78. The number of nitrogens with one attached hydrogen (secondary N) is 1. The van der Waals surface area contributed by atoms with Gasteiger partial charge in [-0.1, -0.05) is 26.8 Å². The summed E-state index contributed by atoms with van der Waals surface area (Å²) < 4.78 is 63.8. The van der Waals surface area contributed by atoms with Gasteiger partial charge < -0.3 is 4.98 Å². The van der Waals surface area contributed by atoms with E-state index in [0.717, 1.165) is 29.7 Å². The highest BCUT2D eigenvalue weighted by Gasteiger charge is 2.42. The molecule has 3 rings (SSSR count). The fourth-order valence-electron chi connectivity index (χ4n) is 3.04. The van der Waals surface area contributed by atoms with Crippen LogP contribution in [0, 0.1) is 0 Å². The summed E-state index contributed by atoms with van der Waals surface area (Å²) in [5, 5.41) is -0.669. The topological polar surface area (TPSA) is 62.8 Å². The molecule has 0 unspecified atom stereocenters. The predicted octanol–water partition coefficient (Wildman–Crippen LogP) is 4.45. The molecule has 8 heteroatoms. The number of aromatic nitrogens is 2. The molecule has 0 bridgehead atoms. The van der Waals surface area contributed by atoms with Gasteiger partial charge in [-0.2, -0.15) is 13.2 Å². The van der Waals surface area contributed by atoms with E-state index in [4.69, 9.17) is 0 Å². The van der Waals surface area contributed by atoms with Gasteiger partial charge in [-0.05, 0) is 31.0 Å². The standard InChI is InChI=1S/C18H21F3N2O2S/c1-17(2,3)16-22-10-15(23-16)11-7-14(8-11)26(24,25)13-6-4-5-12(9-13)18(19,20)21/h4-6,9-11,14H,7-8H2,1-3H3,(H,22,23). The number of rotatable bonds is 3. The van der Waals surface area contributed by atoms with Crippen LogP contribution < -0.4 is 0 Å². The van der Waals surface area contributed by atoms with Crippen molar-refractivity contribution in [2.75, 3.05) is 0 Å². The number of aromatic amines is 1. The fraction of sp³-hybridized carbons (Fsp3) is 0.500. The molecule has 1 N–H and O–H groups in total. The van der Waals surface area contributed by atoms with Crippen LogP contribution in [-0.4, -0.2) is 23.6 Å². The molecule has 26 heavy (non-hydrogen) atoms. The minimum Gasteiger partial charge on any atom is -0.345 e. The van der Waals surface area contributed by atoms with Crippen molar-refractivity contribution in [3.05, 3.63) is 47.5 Å². The van der Waals surface area contributed by atoms with E-state index in [-0.39, 0.29) is 16.2 Å². The molecule has 1 aliphatic rings. The van der Waals surface area contributed by atoms with Crippen molar-refractivity contribution >= 4 is 9.84 Å². The van der Waals surface area contributed by atoms with Crippen LogP contribution in [0.3, 0.4) is 0 Å². The van der Waals surface area contributed by atoms with Crippen LogP contribution in [0.5, 0.6) is 0 Å². The molecule has 1 aromatic carbocycles. The highest BCUT2D eigenvalue weighted by Crippen LogP contribution is 2.43. The lowest BCUT2D eigenvalue weighted by Crippen LogP contribution is -2.35. The second kappa shape index (κ2) is 6.11. The van der Waals surface area contributed by atoms with Crippen LogP contribution in [0.2, 0.25) is 0 Å². The zero-order valence-corrected chi connectivity index (χ0v) is 15.6. The number of alkyl halides is 3. The van der Waals surface area contributed by atoms with Crippen LogP contribution >= 0.6 is 0 Å². The van der Waals surface area contributed by atoms with Crippen LogP contribution in [0.25, 0.3) is 0 Å². The Hall–Kier alpha value is -1.83. The van der Waals surface area contributed by atoms with Crippen molar-refractivity contribution in [2.45, 2.75) is 61.3 Å². The number of sulfone groups is 1. The first-order valence-electron chi connectivity index (χ1n) is 8.35. The van der Waals surface area contributed by atoms with Gasteiger partial charge in [0.25, 0.3) is 0 Å². The van der Waals surface area contributed by atoms with E-state index < -0.39 is 26.8 Å². The second-order valence-corrected chi connectivity index (χ2v) is 10.0. The third-order valence-corrected chi connectivity index (χ3v) is 6.94. The lowest BCUT2D eigenvalue weighted by Gasteiger charge is -2.34. The molecule has 0 aliphatic heterocycles. The number of benzene rings is 1. The molecule has 1 aromatic heterocycles. The van der Waals surface area contributed by atoms with E-state index in [1.807, 2.05) is 20.8 Å². The molecule has 0 radical (unpaired) electrons. The Labute approximate surface area is 150 Å². The molecule has 0 atom stereocenters. The highest BCUT2D eigenvalue weighted by atomic mass is 32.2. The molecule has 0 spiro atoms. The van der Waals surface area contributed by atoms with E-state index in [9.17, 15) is 21.6 Å². The number of hydrogen-bond acceptors (Lipinski definition) is 3. The Kier molecular flexibility index (Phi) is 4.45. The number of imidazole rings is 1. The molecule has 142 valence electrons. The van der Waals surface area contributed by atoms with Crippen molar-refractivity contribution in [1.82, 2.24) is 9.97 Å². The summed E-state index contributed by atoms with van der Waals surface area (Å²) >= 11 is 0. The molecule has 1 heterocycles. The maximum atomic E-state index is 12.8. The molecule has 4 nitrogen and oxygen atoms in total. The van der Waals surface area contributed by atoms with Gasteiger partial charge in [-0.25, -0.2) is 13.4 Å². The first-order valence-corrected chi connectivity index (χ1v) is 9.90. The second-order valence-electron chi connectivity index (χ2n) is 7.80. The zero-order valence-electron chi connectivity index (χ0n) is 14.8. The summed E-state index contributed by atoms with van der Waals surface area (Å²) in [6.45, 7) is 6.08. The van der Waals surface area contributed by atoms with Crippen LogP contribution in [0.1, 0.15) is 56.6 Å². The summed E-state index contributed by atoms with van der Waals surface area (Å²) in [5.74, 6) is 0.862. The summed E-state index contributed by atoms with van der Waals surface area (Å²) in [4.78, 5) is 7.32. The van der Waals surface area contributed by atoms with Gasteiger partial charge in [0, 0.05) is 23.2 Å². The van der Waals surface area contributed by atoms with Crippen LogP contribution in [0.4, 0.5) is 13.2 Å². The minimum atomic E-state index is -4.56.